The molecule has 0 saturated heterocycles. The fourth-order valence-corrected chi connectivity index (χ4v) is 0.673. The second-order valence-corrected chi connectivity index (χ2v) is 3.13. The molecule has 0 heterocycles. The monoisotopic (exact) mass is 157 g/mol. The summed E-state index contributed by atoms with van der Waals surface area (Å²) in [4.78, 5) is 11.2. The van der Waals surface area contributed by atoms with E-state index in [4.69, 9.17) is 0 Å². The largest absolute Gasteiger partial charge is 0.353 e. The van der Waals surface area contributed by atoms with Crippen LogP contribution in [0.15, 0.2) is 0 Å². The van der Waals surface area contributed by atoms with E-state index in [1.54, 1.807) is 0 Å². The Labute approximate surface area is 69.4 Å². The lowest BCUT2D eigenvalue weighted by Gasteiger charge is -2.14. The fourth-order valence-electron chi connectivity index (χ4n) is 0.673. The number of nitrogens with one attached hydrogen (secondary N) is 1. The smallest absolute Gasteiger partial charge is 0.223 e. The molecule has 66 valence electrons. The van der Waals surface area contributed by atoms with Crippen LogP contribution in [0.3, 0.4) is 0 Å². The van der Waals surface area contributed by atoms with Crippen LogP contribution < -0.4 is 5.32 Å². The third kappa shape index (κ3) is 4.02. The fraction of sp³-hybridized carbons (Fsp3) is 0.889. The number of rotatable bonds is 4. The van der Waals surface area contributed by atoms with Crippen molar-refractivity contribution in [1.29, 1.82) is 0 Å². The number of carbonyl (C=O) groups is 1. The molecule has 0 saturated carbocycles. The van der Waals surface area contributed by atoms with Gasteiger partial charge in [-0.1, -0.05) is 20.8 Å². The van der Waals surface area contributed by atoms with Crippen molar-refractivity contribution in [2.45, 2.75) is 46.6 Å². The Kier molecular flexibility index (Phi) is 4.92. The highest BCUT2D eigenvalue weighted by Gasteiger charge is 2.11. The van der Waals surface area contributed by atoms with Crippen molar-refractivity contribution in [3.63, 3.8) is 0 Å². The van der Waals surface area contributed by atoms with Crippen LogP contribution >= 0.6 is 0 Å². The van der Waals surface area contributed by atoms with Crippen molar-refractivity contribution < 1.29 is 4.79 Å². The number of amides is 1. The van der Waals surface area contributed by atoms with E-state index in [9.17, 15) is 4.79 Å². The SMILES string of the molecule is CCC(C)NC(=O)C(C)CC. The van der Waals surface area contributed by atoms with Gasteiger partial charge in [0, 0.05) is 12.0 Å². The van der Waals surface area contributed by atoms with Gasteiger partial charge < -0.3 is 5.32 Å². The van der Waals surface area contributed by atoms with Gasteiger partial charge in [0.1, 0.15) is 0 Å². The van der Waals surface area contributed by atoms with Gasteiger partial charge >= 0.3 is 0 Å². The Bertz CT molecular complexity index is 123. The lowest BCUT2D eigenvalue weighted by atomic mass is 10.1. The zero-order chi connectivity index (χ0) is 8.85. The second-order valence-electron chi connectivity index (χ2n) is 3.13. The highest BCUT2D eigenvalue weighted by molar-refractivity contribution is 5.78. The molecule has 0 aromatic rings. The summed E-state index contributed by atoms with van der Waals surface area (Å²) in [7, 11) is 0. The predicted octanol–water partition coefficient (Wildman–Crippen LogP) is 1.95. The van der Waals surface area contributed by atoms with Gasteiger partial charge in [0.2, 0.25) is 5.91 Å². The standard InChI is InChI=1S/C9H19NO/c1-5-7(3)9(11)10-8(4)6-2/h7-8H,5-6H2,1-4H3,(H,10,11). The van der Waals surface area contributed by atoms with Crippen LogP contribution in [0.4, 0.5) is 0 Å². The molecular formula is C9H19NO. The molecule has 0 fully saturated rings. The van der Waals surface area contributed by atoms with Gasteiger partial charge in [0.05, 0.1) is 0 Å². The predicted molar refractivity (Wildman–Crippen MR) is 47.4 cm³/mol. The number of hydrogen-bond acceptors (Lipinski definition) is 1. The summed E-state index contributed by atoms with van der Waals surface area (Å²) in [5.41, 5.74) is 0. The Balaban J connectivity index is 3.68. The molecule has 0 aliphatic heterocycles. The minimum atomic E-state index is 0.156. The number of hydrogen-bond donors (Lipinski definition) is 1. The van der Waals surface area contributed by atoms with Crippen molar-refractivity contribution in [1.82, 2.24) is 5.32 Å². The van der Waals surface area contributed by atoms with Crippen LogP contribution in [0, 0.1) is 5.92 Å². The molecule has 2 atom stereocenters. The van der Waals surface area contributed by atoms with Crippen LogP contribution in [0.1, 0.15) is 40.5 Å². The highest BCUT2D eigenvalue weighted by atomic mass is 16.1. The molecule has 0 aliphatic rings. The normalized spacial score (nSPS) is 15.6. The maximum absolute atomic E-state index is 11.2. The van der Waals surface area contributed by atoms with Crippen molar-refractivity contribution in [2.24, 2.45) is 5.92 Å². The zero-order valence-electron chi connectivity index (χ0n) is 7.98. The van der Waals surface area contributed by atoms with Crippen molar-refractivity contribution in [3.8, 4) is 0 Å². The van der Waals surface area contributed by atoms with E-state index in [-0.39, 0.29) is 11.8 Å². The Morgan fingerprint density at radius 1 is 1.27 bits per heavy atom. The van der Waals surface area contributed by atoms with Crippen LogP contribution in [-0.4, -0.2) is 11.9 Å². The van der Waals surface area contributed by atoms with Gasteiger partial charge in [-0.3, -0.25) is 4.79 Å². The minimum Gasteiger partial charge on any atom is -0.353 e. The molecule has 11 heavy (non-hydrogen) atoms. The van der Waals surface area contributed by atoms with Crippen molar-refractivity contribution in [2.75, 3.05) is 0 Å². The average Bonchev–Trinajstić information content (AvgIpc) is 2.02. The van der Waals surface area contributed by atoms with Crippen LogP contribution in [0.2, 0.25) is 0 Å². The topological polar surface area (TPSA) is 29.1 Å². The first-order valence-electron chi connectivity index (χ1n) is 4.42. The average molecular weight is 157 g/mol. The van der Waals surface area contributed by atoms with E-state index in [1.165, 1.54) is 0 Å². The first kappa shape index (κ1) is 10.5. The lowest BCUT2D eigenvalue weighted by Crippen LogP contribution is -2.35. The van der Waals surface area contributed by atoms with Gasteiger partial charge in [0.25, 0.3) is 0 Å². The maximum Gasteiger partial charge on any atom is 0.223 e. The molecule has 0 rings (SSSR count). The van der Waals surface area contributed by atoms with Gasteiger partial charge in [-0.15, -0.1) is 0 Å². The molecule has 0 bridgehead atoms. The molecule has 0 radical (unpaired) electrons. The van der Waals surface area contributed by atoms with Crippen LogP contribution in [-0.2, 0) is 4.79 Å². The maximum atomic E-state index is 11.2. The van der Waals surface area contributed by atoms with E-state index in [2.05, 4.69) is 12.2 Å². The summed E-state index contributed by atoms with van der Waals surface area (Å²) in [5, 5.41) is 2.94. The van der Waals surface area contributed by atoms with Crippen molar-refractivity contribution >= 4 is 5.91 Å². The summed E-state index contributed by atoms with van der Waals surface area (Å²) in [6.45, 7) is 8.08. The van der Waals surface area contributed by atoms with E-state index in [0.29, 0.717) is 6.04 Å². The minimum absolute atomic E-state index is 0.156. The molecule has 1 amide bonds. The number of carbonyl (C=O) groups excluding carboxylic acids is 1. The molecular weight excluding hydrogens is 138 g/mol. The molecule has 2 heteroatoms. The first-order chi connectivity index (χ1) is 5.11. The molecule has 0 aromatic heterocycles. The van der Waals surface area contributed by atoms with Gasteiger partial charge in [-0.25, -0.2) is 0 Å². The molecule has 0 aromatic carbocycles. The summed E-state index contributed by atoms with van der Waals surface area (Å²) in [6, 6.07) is 0.316. The summed E-state index contributed by atoms with van der Waals surface area (Å²) >= 11 is 0. The van der Waals surface area contributed by atoms with E-state index < -0.39 is 0 Å². The molecule has 2 unspecified atom stereocenters. The summed E-state index contributed by atoms with van der Waals surface area (Å²) in [6.07, 6.45) is 1.92. The van der Waals surface area contributed by atoms with Gasteiger partial charge in [0.15, 0.2) is 0 Å². The Morgan fingerprint density at radius 3 is 2.18 bits per heavy atom. The summed E-state index contributed by atoms with van der Waals surface area (Å²) < 4.78 is 0. The zero-order valence-corrected chi connectivity index (χ0v) is 7.98. The van der Waals surface area contributed by atoms with Crippen LogP contribution in [0.5, 0.6) is 0 Å². The highest BCUT2D eigenvalue weighted by Crippen LogP contribution is 2.01. The lowest BCUT2D eigenvalue weighted by molar-refractivity contribution is -0.125. The molecule has 1 N–H and O–H groups in total. The second kappa shape index (κ2) is 5.16. The van der Waals surface area contributed by atoms with E-state index >= 15 is 0 Å². The van der Waals surface area contributed by atoms with Gasteiger partial charge in [-0.2, -0.15) is 0 Å². The van der Waals surface area contributed by atoms with Gasteiger partial charge in [-0.05, 0) is 19.8 Å². The first-order valence-corrected chi connectivity index (χ1v) is 4.42. The van der Waals surface area contributed by atoms with E-state index in [0.717, 1.165) is 12.8 Å². The summed E-state index contributed by atoms with van der Waals surface area (Å²) in [5.74, 6) is 0.339. The molecule has 0 aliphatic carbocycles. The Hall–Kier alpha value is -0.530. The molecule has 2 nitrogen and oxygen atoms in total. The third-order valence-corrected chi connectivity index (χ3v) is 2.06. The van der Waals surface area contributed by atoms with Crippen molar-refractivity contribution in [3.05, 3.63) is 0 Å². The quantitative estimate of drug-likeness (QED) is 0.664. The molecule has 0 spiro atoms. The van der Waals surface area contributed by atoms with E-state index in [1.807, 2.05) is 20.8 Å². The third-order valence-electron chi connectivity index (χ3n) is 2.06. The van der Waals surface area contributed by atoms with Crippen LogP contribution in [0.25, 0.3) is 0 Å². The Morgan fingerprint density at radius 2 is 1.82 bits per heavy atom.